The van der Waals surface area contributed by atoms with Crippen molar-refractivity contribution in [1.82, 2.24) is 40.1 Å². The average molecular weight is 984 g/mol. The van der Waals surface area contributed by atoms with Crippen molar-refractivity contribution in [2.75, 3.05) is 23.7 Å². The maximum absolute atomic E-state index is 4.32. The van der Waals surface area contributed by atoms with Gasteiger partial charge in [-0.1, -0.05) is 95.2 Å². The lowest BCUT2D eigenvalue weighted by atomic mass is 9.96. The molecule has 8 heterocycles. The minimum Gasteiger partial charge on any atom is -0.384 e. The Morgan fingerprint density at radius 1 is 0.306 bits per heavy atom. The van der Waals surface area contributed by atoms with E-state index in [1.54, 1.807) is 18.6 Å². The van der Waals surface area contributed by atoms with Crippen molar-refractivity contribution in [2.24, 2.45) is 0 Å². The van der Waals surface area contributed by atoms with Crippen LogP contribution in [0, 0.1) is 0 Å². The number of rotatable bonds is 0. The fourth-order valence-electron chi connectivity index (χ4n) is 8.47. The monoisotopic (exact) mass is 983 g/mol. The van der Waals surface area contributed by atoms with Crippen molar-refractivity contribution in [3.63, 3.8) is 0 Å². The van der Waals surface area contributed by atoms with Gasteiger partial charge in [-0.2, -0.15) is 10.2 Å². The first kappa shape index (κ1) is 64.4. The van der Waals surface area contributed by atoms with E-state index in [0.29, 0.717) is 0 Å². The maximum Gasteiger partial charge on any atom is 0.0663 e. The van der Waals surface area contributed by atoms with Crippen LogP contribution < -0.4 is 10.6 Å². The summed E-state index contributed by atoms with van der Waals surface area (Å²) in [7, 11) is 0. The predicted molar refractivity (Wildman–Crippen MR) is 309 cm³/mol. The molecule has 0 radical (unpaired) electrons. The third-order valence-corrected chi connectivity index (χ3v) is 11.8. The summed E-state index contributed by atoms with van der Waals surface area (Å²) in [5, 5.41) is 14.5. The van der Waals surface area contributed by atoms with Gasteiger partial charge in [0.15, 0.2) is 0 Å². The summed E-state index contributed by atoms with van der Waals surface area (Å²) in [6, 6.07) is 16.7. The van der Waals surface area contributed by atoms with Gasteiger partial charge in [-0.3, -0.25) is 29.9 Å². The quantitative estimate of drug-likeness (QED) is 0.152. The third-order valence-electron chi connectivity index (χ3n) is 11.8. The van der Waals surface area contributed by atoms with Gasteiger partial charge in [0.2, 0.25) is 0 Å². The molecule has 6 aromatic heterocycles. The van der Waals surface area contributed by atoms with Crippen LogP contribution in [0.2, 0.25) is 0 Å². The molecule has 10 heteroatoms. The van der Waals surface area contributed by atoms with Crippen LogP contribution in [0.1, 0.15) is 204 Å². The summed E-state index contributed by atoms with van der Waals surface area (Å²) in [6.45, 7) is 26.2. The lowest BCUT2D eigenvalue weighted by molar-refractivity contribution is 0.649. The van der Waals surface area contributed by atoms with Crippen LogP contribution in [0.25, 0.3) is 0 Å². The van der Waals surface area contributed by atoms with Gasteiger partial charge in [0.25, 0.3) is 0 Å². The Balaban J connectivity index is 0.000000414. The number of nitrogens with zero attached hydrogens (tertiary/aromatic N) is 8. The molecule has 0 saturated heterocycles. The van der Waals surface area contributed by atoms with Crippen molar-refractivity contribution < 1.29 is 0 Å². The summed E-state index contributed by atoms with van der Waals surface area (Å²) in [5.74, 6) is 0. The Kier molecular flexibility index (Phi) is 39.4. The van der Waals surface area contributed by atoms with Crippen molar-refractivity contribution in [2.45, 2.75) is 212 Å². The Hall–Kier alpha value is -5.64. The fraction of sp³-hybridized carbons (Fsp3) is 0.548. The van der Waals surface area contributed by atoms with Gasteiger partial charge in [0.05, 0.1) is 40.3 Å². The summed E-state index contributed by atoms with van der Waals surface area (Å²) in [4.78, 5) is 25.4. The molecule has 396 valence electrons. The third kappa shape index (κ3) is 24.7. The molecule has 2 aliphatic heterocycles. The Labute approximate surface area is 439 Å². The smallest absolute Gasteiger partial charge is 0.0663 e. The van der Waals surface area contributed by atoms with Gasteiger partial charge in [-0.05, 0) is 187 Å². The second kappa shape index (κ2) is 44.1. The van der Waals surface area contributed by atoms with Gasteiger partial charge >= 0.3 is 0 Å². The van der Waals surface area contributed by atoms with Crippen LogP contribution >= 0.6 is 0 Å². The van der Waals surface area contributed by atoms with Crippen LogP contribution in [-0.2, 0) is 64.2 Å². The molecule has 6 aliphatic rings. The van der Waals surface area contributed by atoms with Crippen LogP contribution in [0.3, 0.4) is 0 Å². The number of aromatic nitrogens is 8. The molecule has 0 bridgehead atoms. The zero-order valence-corrected chi connectivity index (χ0v) is 47.4. The van der Waals surface area contributed by atoms with E-state index in [0.717, 1.165) is 38.8 Å². The molecular formula is C62H98N10. The molecule has 2 N–H and O–H groups in total. The first-order valence-corrected chi connectivity index (χ1v) is 28.6. The first-order chi connectivity index (χ1) is 35.8. The number of aryl methyl sites for hydroxylation is 10. The van der Waals surface area contributed by atoms with Gasteiger partial charge < -0.3 is 10.6 Å². The Morgan fingerprint density at radius 3 is 1.17 bits per heavy atom. The normalized spacial score (nSPS) is 13.9. The second-order valence-corrected chi connectivity index (χ2v) is 16.1. The number of hydrogen-bond acceptors (Lipinski definition) is 10. The van der Waals surface area contributed by atoms with Crippen LogP contribution in [0.5, 0.6) is 0 Å². The standard InChI is InChI=1S/2C9H11N.4C8H10N2.6C2H6/c2*1-2-6-9-8(4-1)5-3-7-10-9;1-3-7-8(9-5-1)4-2-6-10-7;1-2-7-3-5-9-6-8(7)10-4-1;1-2-4-8-7(3-1)9-5-6-10-8;1-2-4-8-7(3-1)5-6-9-10-8;6*1-2/h2*3,5,7H,1-2,4,6H2;1,3,5,10H,2,4,6H2;3,5-6,10H,1-2,4H2;2*5-6H,1-4H2;6*1-2H3. The SMILES string of the molecule is CC.CC.CC.CC.CC.CC.c1cc2c(cn1)NCCC2.c1cc2c(nn1)CCCC2.c1cnc2c(c1)CCCC2.c1cnc2c(c1)CCCC2.c1cnc2c(c1)NCCC2.c1cnc2c(n1)CCCC2. The zero-order valence-electron chi connectivity index (χ0n) is 47.4. The minimum absolute atomic E-state index is 1.10. The Bertz CT molecular complexity index is 1640. The van der Waals surface area contributed by atoms with Crippen molar-refractivity contribution in [1.29, 1.82) is 0 Å². The predicted octanol–water partition coefficient (Wildman–Crippen LogP) is 15.7. The van der Waals surface area contributed by atoms with Crippen LogP contribution in [0.15, 0.2) is 98.1 Å². The molecule has 0 unspecified atom stereocenters. The topological polar surface area (TPSA) is 127 Å². The first-order valence-electron chi connectivity index (χ1n) is 28.6. The molecule has 0 aromatic carbocycles. The molecule has 12 rings (SSSR count). The summed E-state index contributed by atoms with van der Waals surface area (Å²) < 4.78 is 0. The van der Waals surface area contributed by atoms with E-state index in [-0.39, 0.29) is 0 Å². The molecule has 0 fully saturated rings. The van der Waals surface area contributed by atoms with Crippen LogP contribution in [0.4, 0.5) is 11.4 Å². The van der Waals surface area contributed by atoms with E-state index in [2.05, 4.69) is 81.1 Å². The van der Waals surface area contributed by atoms with Crippen molar-refractivity contribution in [3.8, 4) is 0 Å². The van der Waals surface area contributed by atoms with E-state index in [9.17, 15) is 0 Å². The fourth-order valence-corrected chi connectivity index (χ4v) is 8.47. The molecule has 10 nitrogen and oxygen atoms in total. The van der Waals surface area contributed by atoms with E-state index >= 15 is 0 Å². The molecule has 6 aromatic rings. The van der Waals surface area contributed by atoms with E-state index in [4.69, 9.17) is 0 Å². The highest BCUT2D eigenvalue weighted by Gasteiger charge is 2.12. The number of nitrogens with one attached hydrogen (secondary N) is 2. The minimum atomic E-state index is 1.10. The molecule has 0 amide bonds. The number of anilines is 2. The van der Waals surface area contributed by atoms with Gasteiger partial charge in [-0.15, -0.1) is 0 Å². The molecule has 0 atom stereocenters. The highest BCUT2D eigenvalue weighted by molar-refractivity contribution is 5.50. The Morgan fingerprint density at radius 2 is 0.681 bits per heavy atom. The maximum atomic E-state index is 4.32. The lowest BCUT2D eigenvalue weighted by Crippen LogP contribution is -2.12. The van der Waals surface area contributed by atoms with Gasteiger partial charge in [0, 0.05) is 67.9 Å². The summed E-state index contributed by atoms with van der Waals surface area (Å²) in [6.07, 6.45) is 39.5. The summed E-state index contributed by atoms with van der Waals surface area (Å²) in [5.41, 5.74) is 15.7. The largest absolute Gasteiger partial charge is 0.384 e. The number of fused-ring (bicyclic) bond motifs is 6. The van der Waals surface area contributed by atoms with Crippen molar-refractivity contribution in [3.05, 3.63) is 155 Å². The molecular weight excluding hydrogens is 885 g/mol. The van der Waals surface area contributed by atoms with Crippen molar-refractivity contribution >= 4 is 11.4 Å². The van der Waals surface area contributed by atoms with E-state index in [1.165, 1.54) is 171 Å². The average Bonchev–Trinajstić information content (AvgIpc) is 3.51. The van der Waals surface area contributed by atoms with Gasteiger partial charge in [0.1, 0.15) is 0 Å². The number of hydrogen-bond donors (Lipinski definition) is 2. The van der Waals surface area contributed by atoms with E-state index < -0.39 is 0 Å². The lowest BCUT2D eigenvalue weighted by Gasteiger charge is -2.15. The molecule has 4 aliphatic carbocycles. The highest BCUT2D eigenvalue weighted by atomic mass is 15.1. The number of pyridine rings is 4. The van der Waals surface area contributed by atoms with Crippen LogP contribution in [-0.4, -0.2) is 53.2 Å². The second-order valence-electron chi connectivity index (χ2n) is 16.1. The molecule has 0 spiro atoms. The zero-order chi connectivity index (χ0) is 52.9. The molecule has 0 saturated carbocycles. The van der Waals surface area contributed by atoms with E-state index in [1.807, 2.05) is 132 Å². The molecule has 72 heavy (non-hydrogen) atoms. The summed E-state index contributed by atoms with van der Waals surface area (Å²) >= 11 is 0. The highest BCUT2D eigenvalue weighted by Crippen LogP contribution is 2.21. The van der Waals surface area contributed by atoms with Gasteiger partial charge in [-0.25, -0.2) is 0 Å².